The summed E-state index contributed by atoms with van der Waals surface area (Å²) in [4.78, 5) is 8.02. The molecule has 4 rings (SSSR count). The molecule has 0 saturated heterocycles. The van der Waals surface area contributed by atoms with Gasteiger partial charge in [-0.25, -0.2) is 9.97 Å². The monoisotopic (exact) mass is 351 g/mol. The predicted octanol–water partition coefficient (Wildman–Crippen LogP) is 4.20. The Hall–Kier alpha value is -1.89. The number of fused-ring (bicyclic) bond motifs is 3. The summed E-state index contributed by atoms with van der Waals surface area (Å²) < 4.78 is 41.0. The van der Waals surface area contributed by atoms with Crippen LogP contribution >= 0.6 is 0 Å². The normalized spacial score (nSPS) is 21.8. The molecule has 0 spiro atoms. The third-order valence-corrected chi connectivity index (χ3v) is 5.47. The van der Waals surface area contributed by atoms with E-state index in [1.54, 1.807) is 12.5 Å². The molecule has 25 heavy (non-hydrogen) atoms. The number of nitrogens with zero attached hydrogens (tertiary/aromatic N) is 3. The van der Waals surface area contributed by atoms with Gasteiger partial charge in [-0.2, -0.15) is 13.2 Å². The molecule has 0 bridgehead atoms. The maximum absolute atomic E-state index is 13.1. The summed E-state index contributed by atoms with van der Waals surface area (Å²) in [6, 6.07) is 2.08. The number of hydrogen-bond donors (Lipinski definition) is 1. The van der Waals surface area contributed by atoms with Crippen LogP contribution in [0.1, 0.15) is 56.0 Å². The molecule has 2 atom stereocenters. The van der Waals surface area contributed by atoms with E-state index >= 15 is 0 Å². The summed E-state index contributed by atoms with van der Waals surface area (Å²) in [7, 11) is 0. The fourth-order valence-corrected chi connectivity index (χ4v) is 4.16. The van der Waals surface area contributed by atoms with Crippen molar-refractivity contribution in [2.45, 2.75) is 56.8 Å². The number of aromatic nitrogens is 3. The molecule has 1 aliphatic heterocycles. The molecule has 4 nitrogen and oxygen atoms in total. The van der Waals surface area contributed by atoms with Crippen LogP contribution in [0.2, 0.25) is 0 Å². The number of aliphatic hydroxyl groups is 1. The lowest BCUT2D eigenvalue weighted by Gasteiger charge is -2.28. The quantitative estimate of drug-likeness (QED) is 0.902. The van der Waals surface area contributed by atoms with Gasteiger partial charge in [-0.1, -0.05) is 19.3 Å². The molecule has 3 heterocycles. The lowest BCUT2D eigenvalue weighted by atomic mass is 9.83. The van der Waals surface area contributed by atoms with E-state index in [4.69, 9.17) is 0 Å². The van der Waals surface area contributed by atoms with Gasteiger partial charge in [-0.15, -0.1) is 0 Å². The van der Waals surface area contributed by atoms with Crippen LogP contribution in [0.4, 0.5) is 13.2 Å². The number of rotatable bonds is 3. The molecule has 2 unspecified atom stereocenters. The Morgan fingerprint density at radius 1 is 1.20 bits per heavy atom. The van der Waals surface area contributed by atoms with E-state index in [9.17, 15) is 18.3 Å². The van der Waals surface area contributed by atoms with Crippen LogP contribution in [-0.2, 0) is 6.18 Å². The molecular weight excluding hydrogens is 331 g/mol. The molecule has 7 heteroatoms. The highest BCUT2D eigenvalue weighted by molar-refractivity contribution is 5.67. The van der Waals surface area contributed by atoms with Crippen LogP contribution in [0, 0.1) is 5.92 Å². The minimum Gasteiger partial charge on any atom is -0.393 e. The Morgan fingerprint density at radius 2 is 1.96 bits per heavy atom. The van der Waals surface area contributed by atoms with Gasteiger partial charge in [0.15, 0.2) is 0 Å². The Balaban J connectivity index is 1.66. The van der Waals surface area contributed by atoms with E-state index in [1.807, 2.05) is 4.57 Å². The molecule has 1 aliphatic carbocycles. The number of alkyl halides is 3. The molecular formula is C18H20F3N3O. The number of hydrogen-bond acceptors (Lipinski definition) is 3. The van der Waals surface area contributed by atoms with Crippen molar-refractivity contribution in [3.8, 4) is 11.3 Å². The van der Waals surface area contributed by atoms with Crippen molar-refractivity contribution in [3.63, 3.8) is 0 Å². The van der Waals surface area contributed by atoms with E-state index in [2.05, 4.69) is 9.97 Å². The van der Waals surface area contributed by atoms with Gasteiger partial charge in [-0.05, 0) is 30.9 Å². The molecule has 1 fully saturated rings. The second-order valence-electron chi connectivity index (χ2n) is 7.03. The van der Waals surface area contributed by atoms with Gasteiger partial charge >= 0.3 is 6.18 Å². The molecule has 0 amide bonds. The highest BCUT2D eigenvalue weighted by Gasteiger charge is 2.38. The zero-order chi connectivity index (χ0) is 17.6. The van der Waals surface area contributed by atoms with Crippen molar-refractivity contribution in [2.75, 3.05) is 0 Å². The third kappa shape index (κ3) is 2.94. The van der Waals surface area contributed by atoms with Crippen molar-refractivity contribution < 1.29 is 18.3 Å². The topological polar surface area (TPSA) is 50.9 Å². The SMILES string of the molecule is OC(CC1c2nc(C(F)(F)F)ccc2-c2cncn21)C1CCCCC1. The van der Waals surface area contributed by atoms with Crippen LogP contribution in [0.25, 0.3) is 11.3 Å². The van der Waals surface area contributed by atoms with E-state index < -0.39 is 24.0 Å². The average Bonchev–Trinajstić information content (AvgIpc) is 3.17. The van der Waals surface area contributed by atoms with Crippen LogP contribution in [0.15, 0.2) is 24.7 Å². The molecule has 2 aromatic heterocycles. The van der Waals surface area contributed by atoms with Crippen molar-refractivity contribution in [1.82, 2.24) is 14.5 Å². The van der Waals surface area contributed by atoms with Crippen LogP contribution < -0.4 is 0 Å². The second-order valence-corrected chi connectivity index (χ2v) is 7.03. The van der Waals surface area contributed by atoms with Gasteiger partial charge in [0.2, 0.25) is 0 Å². The van der Waals surface area contributed by atoms with Gasteiger partial charge in [0.25, 0.3) is 0 Å². The molecule has 0 aromatic carbocycles. The highest BCUT2D eigenvalue weighted by atomic mass is 19.4. The molecule has 134 valence electrons. The standard InChI is InChI=1S/C18H20F3N3O/c19-18(20,21)16-7-6-12-14-9-22-10-24(14)13(17(12)23-16)8-15(25)11-4-2-1-3-5-11/h6-7,9-11,13,15,25H,1-5,8H2. The van der Waals surface area contributed by atoms with Gasteiger partial charge in [0, 0.05) is 12.0 Å². The van der Waals surface area contributed by atoms with Gasteiger partial charge < -0.3 is 9.67 Å². The first-order valence-electron chi connectivity index (χ1n) is 8.73. The van der Waals surface area contributed by atoms with Crippen LogP contribution in [0.3, 0.4) is 0 Å². The zero-order valence-corrected chi connectivity index (χ0v) is 13.7. The third-order valence-electron chi connectivity index (χ3n) is 5.47. The first-order valence-corrected chi connectivity index (χ1v) is 8.73. The summed E-state index contributed by atoms with van der Waals surface area (Å²) in [5.74, 6) is 0.218. The maximum atomic E-state index is 13.1. The van der Waals surface area contributed by atoms with Gasteiger partial charge in [0.1, 0.15) is 5.69 Å². The van der Waals surface area contributed by atoms with Gasteiger partial charge in [0.05, 0.1) is 36.1 Å². The van der Waals surface area contributed by atoms with Crippen molar-refractivity contribution >= 4 is 0 Å². The number of halogens is 3. The largest absolute Gasteiger partial charge is 0.433 e. The summed E-state index contributed by atoms with van der Waals surface area (Å²) in [6.07, 6.45) is 3.97. The smallest absolute Gasteiger partial charge is 0.393 e. The number of imidazole rings is 1. The first-order chi connectivity index (χ1) is 11.9. The average molecular weight is 351 g/mol. The Labute approximate surface area is 143 Å². The Morgan fingerprint density at radius 3 is 2.68 bits per heavy atom. The highest BCUT2D eigenvalue weighted by Crippen LogP contribution is 2.43. The van der Waals surface area contributed by atoms with Crippen molar-refractivity contribution in [3.05, 3.63) is 36.0 Å². The number of aliphatic hydroxyl groups excluding tert-OH is 1. The summed E-state index contributed by atoms with van der Waals surface area (Å²) in [5.41, 5.74) is 0.938. The molecule has 2 aliphatic rings. The molecule has 1 saturated carbocycles. The molecule has 2 aromatic rings. The van der Waals surface area contributed by atoms with E-state index in [0.29, 0.717) is 17.7 Å². The van der Waals surface area contributed by atoms with Gasteiger partial charge in [-0.3, -0.25) is 0 Å². The lowest BCUT2D eigenvalue weighted by Crippen LogP contribution is -2.26. The second kappa shape index (κ2) is 6.12. The van der Waals surface area contributed by atoms with E-state index in [1.165, 1.54) is 12.5 Å². The molecule has 0 radical (unpaired) electrons. The Kier molecular flexibility index (Phi) is 4.06. The molecule has 1 N–H and O–H groups in total. The fraction of sp³-hybridized carbons (Fsp3) is 0.556. The maximum Gasteiger partial charge on any atom is 0.433 e. The van der Waals surface area contributed by atoms with E-state index in [0.717, 1.165) is 37.4 Å². The summed E-state index contributed by atoms with van der Waals surface area (Å²) in [5, 5.41) is 10.7. The Bertz CT molecular complexity index is 765. The zero-order valence-electron chi connectivity index (χ0n) is 13.7. The van der Waals surface area contributed by atoms with Crippen molar-refractivity contribution in [1.29, 1.82) is 0 Å². The minimum atomic E-state index is -4.48. The van der Waals surface area contributed by atoms with Crippen LogP contribution in [-0.4, -0.2) is 25.7 Å². The number of pyridine rings is 1. The lowest BCUT2D eigenvalue weighted by molar-refractivity contribution is -0.141. The first kappa shape index (κ1) is 16.6. The van der Waals surface area contributed by atoms with Crippen LogP contribution in [0.5, 0.6) is 0 Å². The minimum absolute atomic E-state index is 0.218. The summed E-state index contributed by atoms with van der Waals surface area (Å²) >= 11 is 0. The van der Waals surface area contributed by atoms with Crippen molar-refractivity contribution in [2.24, 2.45) is 5.92 Å². The summed E-state index contributed by atoms with van der Waals surface area (Å²) in [6.45, 7) is 0. The predicted molar refractivity (Wildman–Crippen MR) is 85.8 cm³/mol. The van der Waals surface area contributed by atoms with E-state index in [-0.39, 0.29) is 5.92 Å². The fourth-order valence-electron chi connectivity index (χ4n) is 4.16.